The minimum absolute atomic E-state index is 0.0408. The Morgan fingerprint density at radius 3 is 2.70 bits per heavy atom. The molecule has 1 aromatic carbocycles. The first-order valence-corrected chi connectivity index (χ1v) is 10.6. The van der Waals surface area contributed by atoms with Gasteiger partial charge in [0.25, 0.3) is 5.91 Å². The van der Waals surface area contributed by atoms with Crippen molar-refractivity contribution in [1.82, 2.24) is 10.3 Å². The van der Waals surface area contributed by atoms with Gasteiger partial charge in [0.2, 0.25) is 0 Å². The van der Waals surface area contributed by atoms with Crippen molar-refractivity contribution in [3.05, 3.63) is 47.7 Å². The topological polar surface area (TPSA) is 60.5 Å². The predicted octanol–water partition coefficient (Wildman–Crippen LogP) is 3.82. The third-order valence-electron chi connectivity index (χ3n) is 5.51. The minimum Gasteiger partial charge on any atom is -0.486 e. The molecule has 0 spiro atoms. The van der Waals surface area contributed by atoms with Crippen LogP contribution in [0.5, 0.6) is 11.5 Å². The van der Waals surface area contributed by atoms with Crippen LogP contribution in [0.4, 0.5) is 0 Å². The predicted molar refractivity (Wildman–Crippen MR) is 106 cm³/mol. The summed E-state index contributed by atoms with van der Waals surface area (Å²) in [4.78, 5) is 16.9. The Labute approximate surface area is 163 Å². The third-order valence-corrected chi connectivity index (χ3v) is 6.15. The van der Waals surface area contributed by atoms with Gasteiger partial charge in [0, 0.05) is 23.7 Å². The molecular formula is C21H24N2O3S. The number of hydrogen-bond acceptors (Lipinski definition) is 5. The number of fused-ring (bicyclic) bond motifs is 1. The molecule has 5 nitrogen and oxygen atoms in total. The summed E-state index contributed by atoms with van der Waals surface area (Å²) in [6, 6.07) is 9.83. The molecule has 1 aromatic heterocycles. The Hall–Kier alpha value is -2.21. The fourth-order valence-electron chi connectivity index (χ4n) is 4.01. The van der Waals surface area contributed by atoms with E-state index < -0.39 is 0 Å². The molecule has 1 fully saturated rings. The lowest BCUT2D eigenvalue weighted by Gasteiger charge is -2.31. The summed E-state index contributed by atoms with van der Waals surface area (Å²) < 4.78 is 11.4. The molecular weight excluding hydrogens is 360 g/mol. The molecule has 4 rings (SSSR count). The van der Waals surface area contributed by atoms with Crippen LogP contribution in [0.15, 0.2) is 41.6 Å². The largest absolute Gasteiger partial charge is 0.486 e. The third kappa shape index (κ3) is 3.76. The van der Waals surface area contributed by atoms with Crippen LogP contribution in [-0.4, -0.2) is 36.9 Å². The van der Waals surface area contributed by atoms with Crippen molar-refractivity contribution in [1.29, 1.82) is 0 Å². The zero-order valence-corrected chi connectivity index (χ0v) is 16.3. The number of amides is 1. The van der Waals surface area contributed by atoms with Gasteiger partial charge < -0.3 is 14.8 Å². The first-order chi connectivity index (χ1) is 13.2. The molecule has 142 valence electrons. The van der Waals surface area contributed by atoms with Gasteiger partial charge in [-0.3, -0.25) is 4.79 Å². The van der Waals surface area contributed by atoms with Crippen LogP contribution in [0.1, 0.15) is 41.6 Å². The van der Waals surface area contributed by atoms with Crippen LogP contribution in [0.25, 0.3) is 0 Å². The van der Waals surface area contributed by atoms with Crippen molar-refractivity contribution in [3.63, 3.8) is 0 Å². The second kappa shape index (κ2) is 7.80. The van der Waals surface area contributed by atoms with Gasteiger partial charge in [-0.25, -0.2) is 4.98 Å². The number of rotatable bonds is 5. The molecule has 0 unspecified atom stereocenters. The van der Waals surface area contributed by atoms with Gasteiger partial charge >= 0.3 is 0 Å². The molecule has 0 radical (unpaired) electrons. The van der Waals surface area contributed by atoms with E-state index in [2.05, 4.69) is 22.4 Å². The van der Waals surface area contributed by atoms with Gasteiger partial charge in [0.15, 0.2) is 11.5 Å². The number of nitrogens with one attached hydrogen (secondary N) is 1. The molecule has 27 heavy (non-hydrogen) atoms. The van der Waals surface area contributed by atoms with E-state index >= 15 is 0 Å². The summed E-state index contributed by atoms with van der Waals surface area (Å²) in [6.45, 7) is 1.81. The Morgan fingerprint density at radius 2 is 1.93 bits per heavy atom. The second-order valence-corrected chi connectivity index (χ2v) is 7.94. The minimum atomic E-state index is -0.0449. The first kappa shape index (κ1) is 18.2. The van der Waals surface area contributed by atoms with Crippen LogP contribution < -0.4 is 14.8 Å². The SMILES string of the molecule is CSc1cc(C(=O)NCC2(c3ccc4c(c3)OCCO4)CCCC2)ccn1. The van der Waals surface area contributed by atoms with Crippen LogP contribution in [-0.2, 0) is 5.41 Å². The van der Waals surface area contributed by atoms with Crippen molar-refractivity contribution >= 4 is 17.7 Å². The van der Waals surface area contributed by atoms with E-state index in [0.29, 0.717) is 25.3 Å². The number of carbonyl (C=O) groups excluding carboxylic acids is 1. The highest BCUT2D eigenvalue weighted by atomic mass is 32.2. The lowest BCUT2D eigenvalue weighted by atomic mass is 9.78. The summed E-state index contributed by atoms with van der Waals surface area (Å²) in [5.74, 6) is 1.58. The lowest BCUT2D eigenvalue weighted by molar-refractivity contribution is 0.0942. The van der Waals surface area contributed by atoms with E-state index in [1.807, 2.05) is 18.4 Å². The van der Waals surface area contributed by atoms with E-state index in [4.69, 9.17) is 9.47 Å². The highest BCUT2D eigenvalue weighted by Crippen LogP contribution is 2.43. The average molecular weight is 385 g/mol. The normalized spacial score (nSPS) is 17.5. The van der Waals surface area contributed by atoms with Gasteiger partial charge in [-0.2, -0.15) is 0 Å². The fraction of sp³-hybridized carbons (Fsp3) is 0.429. The highest BCUT2D eigenvalue weighted by molar-refractivity contribution is 7.98. The number of carbonyl (C=O) groups is 1. The molecule has 2 aliphatic rings. The Morgan fingerprint density at radius 1 is 1.15 bits per heavy atom. The van der Waals surface area contributed by atoms with Gasteiger partial charge in [-0.05, 0) is 48.9 Å². The lowest BCUT2D eigenvalue weighted by Crippen LogP contribution is -2.39. The van der Waals surface area contributed by atoms with E-state index in [-0.39, 0.29) is 11.3 Å². The maximum atomic E-state index is 12.7. The van der Waals surface area contributed by atoms with Crippen molar-refractivity contribution in [2.45, 2.75) is 36.1 Å². The van der Waals surface area contributed by atoms with Crippen LogP contribution in [0, 0.1) is 0 Å². The Kier molecular flexibility index (Phi) is 5.25. The number of nitrogens with zero attached hydrogens (tertiary/aromatic N) is 1. The number of thioether (sulfide) groups is 1. The number of aromatic nitrogens is 1. The Balaban J connectivity index is 1.53. The van der Waals surface area contributed by atoms with Crippen molar-refractivity contribution in [3.8, 4) is 11.5 Å². The van der Waals surface area contributed by atoms with Gasteiger partial charge in [0.05, 0.1) is 5.03 Å². The first-order valence-electron chi connectivity index (χ1n) is 9.39. The summed E-state index contributed by atoms with van der Waals surface area (Å²) in [7, 11) is 0. The molecule has 1 amide bonds. The van der Waals surface area contributed by atoms with Crippen LogP contribution in [0.2, 0.25) is 0 Å². The average Bonchev–Trinajstić information content (AvgIpc) is 3.22. The zero-order chi connectivity index (χ0) is 18.7. The van der Waals surface area contributed by atoms with Crippen molar-refractivity contribution in [2.24, 2.45) is 0 Å². The maximum Gasteiger partial charge on any atom is 0.251 e. The summed E-state index contributed by atoms with van der Waals surface area (Å²) in [5.41, 5.74) is 1.84. The van der Waals surface area contributed by atoms with Gasteiger partial charge in [-0.1, -0.05) is 18.9 Å². The van der Waals surface area contributed by atoms with E-state index in [1.54, 1.807) is 12.3 Å². The zero-order valence-electron chi connectivity index (χ0n) is 15.5. The quantitative estimate of drug-likeness (QED) is 0.794. The monoisotopic (exact) mass is 384 g/mol. The maximum absolute atomic E-state index is 12.7. The van der Waals surface area contributed by atoms with Crippen molar-refractivity contribution < 1.29 is 14.3 Å². The van der Waals surface area contributed by atoms with E-state index in [9.17, 15) is 4.79 Å². The molecule has 2 aromatic rings. The highest BCUT2D eigenvalue weighted by Gasteiger charge is 2.36. The second-order valence-electron chi connectivity index (χ2n) is 7.12. The summed E-state index contributed by atoms with van der Waals surface area (Å²) in [5, 5.41) is 4.02. The molecule has 1 saturated carbocycles. The molecule has 0 atom stereocenters. The van der Waals surface area contributed by atoms with Gasteiger partial charge in [0.1, 0.15) is 13.2 Å². The number of hydrogen-bond donors (Lipinski definition) is 1. The molecule has 1 aliphatic carbocycles. The van der Waals surface area contributed by atoms with Crippen LogP contribution in [0.3, 0.4) is 0 Å². The number of benzene rings is 1. The number of ether oxygens (including phenoxy) is 2. The van der Waals surface area contributed by atoms with Crippen LogP contribution >= 0.6 is 11.8 Å². The molecule has 2 heterocycles. The van der Waals surface area contributed by atoms with E-state index in [0.717, 1.165) is 29.4 Å². The van der Waals surface area contributed by atoms with Crippen molar-refractivity contribution in [2.75, 3.05) is 26.0 Å². The van der Waals surface area contributed by atoms with E-state index in [1.165, 1.54) is 30.2 Å². The molecule has 1 aliphatic heterocycles. The fourth-order valence-corrected chi connectivity index (χ4v) is 4.42. The summed E-state index contributed by atoms with van der Waals surface area (Å²) in [6.07, 6.45) is 8.14. The molecule has 0 bridgehead atoms. The van der Waals surface area contributed by atoms with Gasteiger partial charge in [-0.15, -0.1) is 11.8 Å². The standard InChI is InChI=1S/C21H24N2O3S/c1-27-19-12-15(6-9-22-19)20(24)23-14-21(7-2-3-8-21)16-4-5-17-18(13-16)26-11-10-25-17/h4-6,9,12-13H,2-3,7-8,10-11,14H2,1H3,(H,23,24). The summed E-state index contributed by atoms with van der Waals surface area (Å²) >= 11 is 1.54. The smallest absolute Gasteiger partial charge is 0.251 e. The molecule has 6 heteroatoms. The number of pyridine rings is 1. The molecule has 1 N–H and O–H groups in total. The molecule has 0 saturated heterocycles. The Bertz CT molecular complexity index is 834.